The molecule has 0 amide bonds. The van der Waals surface area contributed by atoms with Gasteiger partial charge in [0.25, 0.3) is 0 Å². The Bertz CT molecular complexity index is 471. The van der Waals surface area contributed by atoms with Crippen LogP contribution in [0.4, 0.5) is 0 Å². The van der Waals surface area contributed by atoms with E-state index in [9.17, 15) is 0 Å². The molecule has 0 aliphatic carbocycles. The summed E-state index contributed by atoms with van der Waals surface area (Å²) < 4.78 is 0. The molecule has 118 valence electrons. The van der Waals surface area contributed by atoms with Gasteiger partial charge in [-0.2, -0.15) is 0 Å². The quantitative estimate of drug-likeness (QED) is 0.498. The summed E-state index contributed by atoms with van der Waals surface area (Å²) in [5.74, 6) is 0. The third kappa shape index (κ3) is 5.02. The standard InChI is InChI=1S/C22H30/c1-3-5-17-22(16-4-2,18-20-12-8-6-9-13-20)19-21-14-10-7-11-15-21/h6-15H,3-5,16-19H2,1-2H3. The van der Waals surface area contributed by atoms with Crippen molar-refractivity contribution in [2.24, 2.45) is 5.41 Å². The van der Waals surface area contributed by atoms with Crippen molar-refractivity contribution in [3.63, 3.8) is 0 Å². The molecule has 2 rings (SSSR count). The second kappa shape index (κ2) is 8.78. The summed E-state index contributed by atoms with van der Waals surface area (Å²) in [6.07, 6.45) is 8.95. The lowest BCUT2D eigenvalue weighted by Crippen LogP contribution is -2.27. The van der Waals surface area contributed by atoms with Crippen molar-refractivity contribution >= 4 is 0 Å². The summed E-state index contributed by atoms with van der Waals surface area (Å²) in [4.78, 5) is 0. The van der Waals surface area contributed by atoms with E-state index in [0.717, 1.165) is 0 Å². The van der Waals surface area contributed by atoms with E-state index in [1.54, 1.807) is 0 Å². The molecule has 0 N–H and O–H groups in total. The van der Waals surface area contributed by atoms with Crippen LogP contribution in [0.25, 0.3) is 0 Å². The van der Waals surface area contributed by atoms with Gasteiger partial charge >= 0.3 is 0 Å². The Morgan fingerprint density at radius 1 is 0.636 bits per heavy atom. The Balaban J connectivity index is 2.23. The monoisotopic (exact) mass is 294 g/mol. The molecule has 0 unspecified atom stereocenters. The van der Waals surface area contributed by atoms with E-state index in [2.05, 4.69) is 74.5 Å². The molecule has 2 aromatic rings. The highest BCUT2D eigenvalue weighted by atomic mass is 14.3. The van der Waals surface area contributed by atoms with Gasteiger partial charge in [0.05, 0.1) is 0 Å². The van der Waals surface area contributed by atoms with E-state index >= 15 is 0 Å². The highest BCUT2D eigenvalue weighted by Crippen LogP contribution is 2.38. The smallest absolute Gasteiger partial charge is 0.0217 e. The summed E-state index contributed by atoms with van der Waals surface area (Å²) in [5, 5.41) is 0. The van der Waals surface area contributed by atoms with Gasteiger partial charge < -0.3 is 0 Å². The van der Waals surface area contributed by atoms with E-state index < -0.39 is 0 Å². The minimum absolute atomic E-state index is 0.410. The number of unbranched alkanes of at least 4 members (excludes halogenated alkanes) is 1. The molecule has 0 saturated heterocycles. The van der Waals surface area contributed by atoms with Crippen LogP contribution >= 0.6 is 0 Å². The molecule has 22 heavy (non-hydrogen) atoms. The molecule has 2 aromatic carbocycles. The van der Waals surface area contributed by atoms with Gasteiger partial charge in [0, 0.05) is 0 Å². The van der Waals surface area contributed by atoms with E-state index in [-0.39, 0.29) is 0 Å². The Hall–Kier alpha value is -1.56. The Morgan fingerprint density at radius 3 is 1.55 bits per heavy atom. The number of hydrogen-bond donors (Lipinski definition) is 0. The van der Waals surface area contributed by atoms with Gasteiger partial charge in [-0.3, -0.25) is 0 Å². The summed E-state index contributed by atoms with van der Waals surface area (Å²) in [7, 11) is 0. The first-order chi connectivity index (χ1) is 10.8. The Kier molecular flexibility index (Phi) is 6.71. The molecule has 0 nitrogen and oxygen atoms in total. The summed E-state index contributed by atoms with van der Waals surface area (Å²) >= 11 is 0. The predicted molar refractivity (Wildman–Crippen MR) is 97.2 cm³/mol. The largest absolute Gasteiger partial charge is 0.0654 e. The lowest BCUT2D eigenvalue weighted by Gasteiger charge is -2.34. The third-order valence-electron chi connectivity index (χ3n) is 4.68. The van der Waals surface area contributed by atoms with Gasteiger partial charge in [0.15, 0.2) is 0 Å². The van der Waals surface area contributed by atoms with E-state index in [1.807, 2.05) is 0 Å². The maximum absolute atomic E-state index is 2.33. The van der Waals surface area contributed by atoms with Crippen molar-refractivity contribution in [3.05, 3.63) is 71.8 Å². The Morgan fingerprint density at radius 2 is 1.14 bits per heavy atom. The molecule has 0 aromatic heterocycles. The van der Waals surface area contributed by atoms with Crippen molar-refractivity contribution in [2.45, 2.75) is 58.8 Å². The molecule has 0 heterocycles. The second-order valence-corrected chi connectivity index (χ2v) is 6.68. The highest BCUT2D eigenvalue weighted by Gasteiger charge is 2.29. The van der Waals surface area contributed by atoms with Crippen molar-refractivity contribution < 1.29 is 0 Å². The van der Waals surface area contributed by atoms with Crippen LogP contribution in [0.5, 0.6) is 0 Å². The number of hydrogen-bond acceptors (Lipinski definition) is 0. The van der Waals surface area contributed by atoms with Gasteiger partial charge in [-0.05, 0) is 42.2 Å². The first-order valence-corrected chi connectivity index (χ1v) is 8.86. The lowest BCUT2D eigenvalue weighted by atomic mass is 9.70. The minimum atomic E-state index is 0.410. The van der Waals surface area contributed by atoms with Gasteiger partial charge in [-0.1, -0.05) is 93.8 Å². The van der Waals surface area contributed by atoms with Crippen LogP contribution in [0, 0.1) is 5.41 Å². The molecule has 0 aliphatic rings. The second-order valence-electron chi connectivity index (χ2n) is 6.68. The van der Waals surface area contributed by atoms with E-state index in [1.165, 1.54) is 56.1 Å². The van der Waals surface area contributed by atoms with Crippen LogP contribution in [0.2, 0.25) is 0 Å². The molecule has 0 bridgehead atoms. The first-order valence-electron chi connectivity index (χ1n) is 8.86. The maximum atomic E-state index is 2.33. The molecule has 0 radical (unpaired) electrons. The van der Waals surface area contributed by atoms with E-state index in [0.29, 0.717) is 5.41 Å². The lowest BCUT2D eigenvalue weighted by molar-refractivity contribution is 0.225. The average molecular weight is 294 g/mol. The van der Waals surface area contributed by atoms with Crippen LogP contribution in [0.1, 0.15) is 57.1 Å². The Labute approximate surface area is 136 Å². The SMILES string of the molecule is CCCCC(CCC)(Cc1ccccc1)Cc1ccccc1. The fourth-order valence-electron chi connectivity index (χ4n) is 3.68. The first kappa shape index (κ1) is 16.8. The van der Waals surface area contributed by atoms with Gasteiger partial charge in [0.1, 0.15) is 0 Å². The van der Waals surface area contributed by atoms with Crippen molar-refractivity contribution in [2.75, 3.05) is 0 Å². The fraction of sp³-hybridized carbons (Fsp3) is 0.455. The van der Waals surface area contributed by atoms with Gasteiger partial charge in [-0.15, -0.1) is 0 Å². The van der Waals surface area contributed by atoms with E-state index in [4.69, 9.17) is 0 Å². The van der Waals surface area contributed by atoms with Gasteiger partial charge in [-0.25, -0.2) is 0 Å². The molecular formula is C22H30. The normalized spacial score (nSPS) is 11.5. The zero-order valence-electron chi connectivity index (χ0n) is 14.2. The predicted octanol–water partition coefficient (Wildman–Crippen LogP) is 6.45. The fourth-order valence-corrected chi connectivity index (χ4v) is 3.68. The summed E-state index contributed by atoms with van der Waals surface area (Å²) in [6.45, 7) is 4.64. The number of benzene rings is 2. The van der Waals surface area contributed by atoms with Crippen molar-refractivity contribution in [3.8, 4) is 0 Å². The molecule has 0 saturated carbocycles. The third-order valence-corrected chi connectivity index (χ3v) is 4.68. The van der Waals surface area contributed by atoms with Crippen LogP contribution in [-0.2, 0) is 12.8 Å². The zero-order chi connectivity index (χ0) is 15.7. The topological polar surface area (TPSA) is 0 Å². The highest BCUT2D eigenvalue weighted by molar-refractivity contribution is 5.20. The molecule has 0 aliphatic heterocycles. The maximum Gasteiger partial charge on any atom is -0.0217 e. The molecule has 0 heteroatoms. The summed E-state index contributed by atoms with van der Waals surface area (Å²) in [5.41, 5.74) is 3.39. The minimum Gasteiger partial charge on any atom is -0.0654 e. The molecular weight excluding hydrogens is 264 g/mol. The van der Waals surface area contributed by atoms with Crippen LogP contribution in [0.15, 0.2) is 60.7 Å². The molecule has 0 fully saturated rings. The van der Waals surface area contributed by atoms with Crippen LogP contribution in [-0.4, -0.2) is 0 Å². The van der Waals surface area contributed by atoms with Crippen molar-refractivity contribution in [1.29, 1.82) is 0 Å². The van der Waals surface area contributed by atoms with Crippen molar-refractivity contribution in [1.82, 2.24) is 0 Å². The van der Waals surface area contributed by atoms with Crippen LogP contribution in [0.3, 0.4) is 0 Å². The van der Waals surface area contributed by atoms with Gasteiger partial charge in [0.2, 0.25) is 0 Å². The molecule has 0 spiro atoms. The molecule has 0 atom stereocenters. The summed E-state index contributed by atoms with van der Waals surface area (Å²) in [6, 6.07) is 22.1. The average Bonchev–Trinajstić information content (AvgIpc) is 2.55. The van der Waals surface area contributed by atoms with Crippen LogP contribution < -0.4 is 0 Å². The number of rotatable bonds is 9. The zero-order valence-corrected chi connectivity index (χ0v) is 14.2.